The minimum absolute atomic E-state index is 0.112. The average molecular weight is 276 g/mol. The van der Waals surface area contributed by atoms with Gasteiger partial charge in [0.15, 0.2) is 0 Å². The number of nitrogens with one attached hydrogen (secondary N) is 1. The Morgan fingerprint density at radius 1 is 1.45 bits per heavy atom. The van der Waals surface area contributed by atoms with Gasteiger partial charge in [-0.15, -0.1) is 6.58 Å². The first-order chi connectivity index (χ1) is 9.40. The Balaban J connectivity index is 2.00. The smallest absolute Gasteiger partial charge is 0.120 e. The Morgan fingerprint density at radius 2 is 2.15 bits per heavy atom. The van der Waals surface area contributed by atoms with Gasteiger partial charge < -0.3 is 9.73 Å². The Hall–Kier alpha value is -1.06. The highest BCUT2D eigenvalue weighted by Crippen LogP contribution is 2.23. The lowest BCUT2D eigenvalue weighted by Gasteiger charge is -2.34. The molecular formula is C17H28N2O. The summed E-state index contributed by atoms with van der Waals surface area (Å²) >= 11 is 0. The van der Waals surface area contributed by atoms with E-state index in [1.54, 1.807) is 0 Å². The largest absolute Gasteiger partial charge is 0.463 e. The molecule has 1 aliphatic carbocycles. The molecule has 0 aliphatic heterocycles. The zero-order valence-corrected chi connectivity index (χ0v) is 13.3. The second-order valence-corrected chi connectivity index (χ2v) is 6.81. The molecule has 0 aromatic carbocycles. The molecule has 1 saturated carbocycles. The van der Waals surface area contributed by atoms with E-state index in [9.17, 15) is 0 Å². The minimum atomic E-state index is 0.112. The molecule has 2 rings (SSSR count). The molecule has 1 aromatic heterocycles. The third-order valence-corrected chi connectivity index (χ3v) is 3.85. The van der Waals surface area contributed by atoms with Gasteiger partial charge in [-0.2, -0.15) is 0 Å². The van der Waals surface area contributed by atoms with Crippen molar-refractivity contribution in [3.05, 3.63) is 35.8 Å². The summed E-state index contributed by atoms with van der Waals surface area (Å²) in [6, 6.07) is 2.89. The number of nitrogens with zero attached hydrogens (tertiary/aromatic N) is 1. The van der Waals surface area contributed by atoms with E-state index in [2.05, 4.69) is 50.6 Å². The van der Waals surface area contributed by atoms with Crippen LogP contribution < -0.4 is 5.32 Å². The summed E-state index contributed by atoms with van der Waals surface area (Å²) in [4.78, 5) is 2.37. The normalized spacial score (nSPS) is 15.8. The molecule has 1 N–H and O–H groups in total. The topological polar surface area (TPSA) is 28.4 Å². The molecule has 0 amide bonds. The van der Waals surface area contributed by atoms with Crippen LogP contribution in [0.4, 0.5) is 0 Å². The van der Waals surface area contributed by atoms with Crippen LogP contribution in [0.3, 0.4) is 0 Å². The van der Waals surface area contributed by atoms with E-state index in [1.165, 1.54) is 18.4 Å². The van der Waals surface area contributed by atoms with Gasteiger partial charge in [-0.3, -0.25) is 4.90 Å². The molecule has 112 valence electrons. The van der Waals surface area contributed by atoms with Crippen molar-refractivity contribution >= 4 is 0 Å². The lowest BCUT2D eigenvalue weighted by atomic mass is 10.1. The van der Waals surface area contributed by atoms with Crippen molar-refractivity contribution in [2.45, 2.75) is 65.2 Å². The molecule has 0 spiro atoms. The minimum Gasteiger partial charge on any atom is -0.463 e. The van der Waals surface area contributed by atoms with Crippen LogP contribution in [0.1, 0.15) is 50.7 Å². The molecule has 3 heteroatoms. The molecule has 0 unspecified atom stereocenters. The van der Waals surface area contributed by atoms with Crippen LogP contribution in [-0.4, -0.2) is 23.0 Å². The van der Waals surface area contributed by atoms with Crippen LogP contribution in [0.2, 0.25) is 0 Å². The van der Waals surface area contributed by atoms with Crippen LogP contribution in [-0.2, 0) is 13.1 Å². The first kappa shape index (κ1) is 15.3. The van der Waals surface area contributed by atoms with Crippen molar-refractivity contribution < 1.29 is 4.42 Å². The van der Waals surface area contributed by atoms with Gasteiger partial charge in [-0.05, 0) is 52.2 Å². The summed E-state index contributed by atoms with van der Waals surface area (Å²) < 4.78 is 6.03. The fraction of sp³-hybridized carbons (Fsp3) is 0.647. The number of rotatable bonds is 7. The van der Waals surface area contributed by atoms with Crippen LogP contribution in [0.5, 0.6) is 0 Å². The van der Waals surface area contributed by atoms with Crippen molar-refractivity contribution in [3.63, 3.8) is 0 Å². The summed E-state index contributed by atoms with van der Waals surface area (Å²) in [7, 11) is 0. The molecule has 1 aromatic rings. The number of hydrogen-bond acceptors (Lipinski definition) is 3. The van der Waals surface area contributed by atoms with Gasteiger partial charge in [0, 0.05) is 18.1 Å². The molecule has 0 radical (unpaired) electrons. The molecule has 20 heavy (non-hydrogen) atoms. The highest BCUT2D eigenvalue weighted by Gasteiger charge is 2.23. The Kier molecular flexibility index (Phi) is 4.71. The SMILES string of the molecule is C=CCN(Cc1cc(C)c(CNC2CC2)o1)C(C)(C)C. The van der Waals surface area contributed by atoms with Crippen LogP contribution >= 0.6 is 0 Å². The van der Waals surface area contributed by atoms with E-state index in [1.807, 2.05) is 6.08 Å². The Labute approximate surface area is 123 Å². The summed E-state index contributed by atoms with van der Waals surface area (Å²) in [5.41, 5.74) is 1.36. The second kappa shape index (κ2) is 6.15. The van der Waals surface area contributed by atoms with Gasteiger partial charge in [0.25, 0.3) is 0 Å². The van der Waals surface area contributed by atoms with Gasteiger partial charge in [0.05, 0.1) is 13.1 Å². The lowest BCUT2D eigenvalue weighted by molar-refractivity contribution is 0.133. The quantitative estimate of drug-likeness (QED) is 0.771. The summed E-state index contributed by atoms with van der Waals surface area (Å²) in [5, 5.41) is 3.51. The predicted molar refractivity (Wildman–Crippen MR) is 83.7 cm³/mol. The average Bonchev–Trinajstić information content (AvgIpc) is 3.10. The highest BCUT2D eigenvalue weighted by atomic mass is 16.3. The Bertz CT molecular complexity index is 452. The molecule has 0 saturated heterocycles. The first-order valence-electron chi connectivity index (χ1n) is 7.57. The van der Waals surface area contributed by atoms with Gasteiger partial charge in [0.1, 0.15) is 11.5 Å². The van der Waals surface area contributed by atoms with Crippen molar-refractivity contribution in [2.24, 2.45) is 0 Å². The monoisotopic (exact) mass is 276 g/mol. The van der Waals surface area contributed by atoms with Crippen molar-refractivity contribution in [1.29, 1.82) is 0 Å². The zero-order valence-electron chi connectivity index (χ0n) is 13.3. The standard InChI is InChI=1S/C17H28N2O/c1-6-9-19(17(3,4)5)12-15-10-13(2)16(20-15)11-18-14-7-8-14/h6,10,14,18H,1,7-9,11-12H2,2-5H3. The van der Waals surface area contributed by atoms with E-state index < -0.39 is 0 Å². The second-order valence-electron chi connectivity index (χ2n) is 6.81. The summed E-state index contributed by atoms with van der Waals surface area (Å²) in [6.07, 6.45) is 4.57. The zero-order chi connectivity index (χ0) is 14.8. The maximum Gasteiger partial charge on any atom is 0.120 e. The molecule has 1 heterocycles. The fourth-order valence-corrected chi connectivity index (χ4v) is 2.29. The van der Waals surface area contributed by atoms with E-state index in [0.29, 0.717) is 0 Å². The van der Waals surface area contributed by atoms with E-state index in [0.717, 1.165) is 37.2 Å². The number of furan rings is 1. The Morgan fingerprint density at radius 3 is 2.70 bits per heavy atom. The van der Waals surface area contributed by atoms with Crippen molar-refractivity contribution in [3.8, 4) is 0 Å². The van der Waals surface area contributed by atoms with Crippen molar-refractivity contribution in [2.75, 3.05) is 6.54 Å². The molecule has 3 nitrogen and oxygen atoms in total. The molecular weight excluding hydrogens is 248 g/mol. The lowest BCUT2D eigenvalue weighted by Crippen LogP contribution is -2.40. The molecule has 1 aliphatic rings. The third-order valence-electron chi connectivity index (χ3n) is 3.85. The van der Waals surface area contributed by atoms with Crippen molar-refractivity contribution in [1.82, 2.24) is 10.2 Å². The van der Waals surface area contributed by atoms with Gasteiger partial charge in [0.2, 0.25) is 0 Å². The molecule has 1 fully saturated rings. The van der Waals surface area contributed by atoms with Gasteiger partial charge in [-0.1, -0.05) is 6.08 Å². The van der Waals surface area contributed by atoms with E-state index >= 15 is 0 Å². The van der Waals surface area contributed by atoms with E-state index in [4.69, 9.17) is 4.42 Å². The van der Waals surface area contributed by atoms with Crippen LogP contribution in [0.25, 0.3) is 0 Å². The van der Waals surface area contributed by atoms with Crippen LogP contribution in [0.15, 0.2) is 23.1 Å². The highest BCUT2D eigenvalue weighted by molar-refractivity contribution is 5.20. The maximum atomic E-state index is 6.03. The fourth-order valence-electron chi connectivity index (χ4n) is 2.29. The number of hydrogen-bond donors (Lipinski definition) is 1. The van der Waals surface area contributed by atoms with Gasteiger partial charge in [-0.25, -0.2) is 0 Å². The number of aryl methyl sites for hydroxylation is 1. The maximum absolute atomic E-state index is 6.03. The summed E-state index contributed by atoms with van der Waals surface area (Å²) in [6.45, 7) is 15.2. The van der Waals surface area contributed by atoms with E-state index in [-0.39, 0.29) is 5.54 Å². The predicted octanol–water partition coefficient (Wildman–Crippen LogP) is 3.63. The third kappa shape index (κ3) is 4.22. The van der Waals surface area contributed by atoms with Gasteiger partial charge >= 0.3 is 0 Å². The first-order valence-corrected chi connectivity index (χ1v) is 7.57. The summed E-state index contributed by atoms with van der Waals surface area (Å²) in [5.74, 6) is 2.13. The molecule has 0 atom stereocenters. The van der Waals surface area contributed by atoms with Crippen LogP contribution in [0, 0.1) is 6.92 Å². The molecule has 0 bridgehead atoms.